The summed E-state index contributed by atoms with van der Waals surface area (Å²) in [5, 5.41) is 47.9. The fraction of sp³-hybridized carbons (Fsp3) is 0.462. The van der Waals surface area contributed by atoms with E-state index < -0.39 is 18.0 Å². The number of fused-ring (bicyclic) bond motifs is 1. The van der Waals surface area contributed by atoms with Crippen LogP contribution in [0.2, 0.25) is 0 Å². The van der Waals surface area contributed by atoms with Gasteiger partial charge in [0, 0.05) is 34.9 Å². The van der Waals surface area contributed by atoms with E-state index in [0.717, 1.165) is 0 Å². The first kappa shape index (κ1) is 29.2. The summed E-state index contributed by atoms with van der Waals surface area (Å²) in [4.78, 5) is 28.7. The SMILES string of the molecule is CC(N)C(O)C(C)OO.COc1cccc(C(=O)c2c(O)c3c(c(O)c2C=O)CCC(CO)C3)c1C. The number of carbonyl (C=O) groups excluding carboxylic acids is 2. The molecular weight excluding hydrogens is 470 g/mol. The third-order valence-electron chi connectivity index (χ3n) is 6.53. The summed E-state index contributed by atoms with van der Waals surface area (Å²) in [6, 6.07) is 4.56. The minimum absolute atomic E-state index is 0.0483. The van der Waals surface area contributed by atoms with Gasteiger partial charge in [-0.1, -0.05) is 12.1 Å². The number of phenols is 2. The van der Waals surface area contributed by atoms with Gasteiger partial charge in [0.2, 0.25) is 0 Å². The lowest BCUT2D eigenvalue weighted by molar-refractivity contribution is -0.292. The van der Waals surface area contributed by atoms with Crippen LogP contribution in [0.1, 0.15) is 63.2 Å². The monoisotopic (exact) mass is 505 g/mol. The number of hydrogen-bond acceptors (Lipinski definition) is 10. The van der Waals surface area contributed by atoms with Crippen molar-refractivity contribution < 1.29 is 44.9 Å². The summed E-state index contributed by atoms with van der Waals surface area (Å²) in [7, 11) is 1.49. The maximum absolute atomic E-state index is 13.2. The molecule has 10 nitrogen and oxygen atoms in total. The van der Waals surface area contributed by atoms with Crippen molar-refractivity contribution in [3.05, 3.63) is 51.6 Å². The third kappa shape index (κ3) is 6.03. The zero-order valence-corrected chi connectivity index (χ0v) is 20.9. The minimum Gasteiger partial charge on any atom is -0.507 e. The summed E-state index contributed by atoms with van der Waals surface area (Å²) in [6.07, 6.45) is 0.364. The molecule has 3 rings (SSSR count). The van der Waals surface area contributed by atoms with Crippen LogP contribution in [0.4, 0.5) is 0 Å². The molecule has 0 saturated carbocycles. The van der Waals surface area contributed by atoms with Gasteiger partial charge < -0.3 is 30.9 Å². The second-order valence-corrected chi connectivity index (χ2v) is 8.97. The van der Waals surface area contributed by atoms with E-state index in [1.165, 1.54) is 14.0 Å². The molecule has 0 radical (unpaired) electrons. The lowest BCUT2D eigenvalue weighted by Gasteiger charge is -2.26. The van der Waals surface area contributed by atoms with Crippen LogP contribution in [-0.4, -0.2) is 69.7 Å². The van der Waals surface area contributed by atoms with Crippen molar-refractivity contribution in [2.45, 2.75) is 58.3 Å². The molecule has 1 aliphatic rings. The highest BCUT2D eigenvalue weighted by molar-refractivity contribution is 6.16. The van der Waals surface area contributed by atoms with Gasteiger partial charge >= 0.3 is 0 Å². The number of aromatic hydroxyl groups is 2. The molecular formula is C26H35NO9. The molecule has 10 heteroatoms. The lowest BCUT2D eigenvalue weighted by Crippen LogP contribution is -2.40. The van der Waals surface area contributed by atoms with E-state index in [9.17, 15) is 24.9 Å². The molecule has 2 aromatic carbocycles. The molecule has 0 aliphatic heterocycles. The maximum Gasteiger partial charge on any atom is 0.198 e. The number of aldehydes is 1. The van der Waals surface area contributed by atoms with Crippen LogP contribution in [0.5, 0.6) is 17.2 Å². The Kier molecular flexibility index (Phi) is 10.4. The largest absolute Gasteiger partial charge is 0.507 e. The van der Waals surface area contributed by atoms with E-state index in [1.807, 2.05) is 0 Å². The topological polar surface area (TPSA) is 180 Å². The van der Waals surface area contributed by atoms with Crippen LogP contribution in [0, 0.1) is 12.8 Å². The number of ether oxygens (including phenoxy) is 1. The van der Waals surface area contributed by atoms with Crippen LogP contribution in [-0.2, 0) is 17.7 Å². The molecule has 0 amide bonds. The number of hydrogen-bond donors (Lipinski definition) is 6. The summed E-state index contributed by atoms with van der Waals surface area (Å²) >= 11 is 0. The number of aliphatic hydroxyl groups excluding tert-OH is 2. The molecule has 4 atom stereocenters. The quantitative estimate of drug-likeness (QED) is 0.102. The summed E-state index contributed by atoms with van der Waals surface area (Å²) < 4.78 is 5.24. The van der Waals surface area contributed by atoms with E-state index in [0.29, 0.717) is 48.0 Å². The first-order valence-corrected chi connectivity index (χ1v) is 11.6. The number of ketones is 1. The lowest BCUT2D eigenvalue weighted by atomic mass is 9.79. The number of benzene rings is 2. The van der Waals surface area contributed by atoms with E-state index >= 15 is 0 Å². The van der Waals surface area contributed by atoms with Crippen molar-refractivity contribution in [3.8, 4) is 17.2 Å². The molecule has 0 fully saturated rings. The Morgan fingerprint density at radius 2 is 1.89 bits per heavy atom. The van der Waals surface area contributed by atoms with Crippen LogP contribution in [0.3, 0.4) is 0 Å². The molecule has 198 valence electrons. The fourth-order valence-electron chi connectivity index (χ4n) is 4.28. The summed E-state index contributed by atoms with van der Waals surface area (Å²) in [5.41, 5.74) is 6.60. The van der Waals surface area contributed by atoms with Crippen molar-refractivity contribution in [1.29, 1.82) is 0 Å². The third-order valence-corrected chi connectivity index (χ3v) is 6.53. The van der Waals surface area contributed by atoms with Crippen molar-refractivity contribution in [1.82, 2.24) is 0 Å². The van der Waals surface area contributed by atoms with Gasteiger partial charge in [-0.15, -0.1) is 0 Å². The number of carbonyl (C=O) groups is 2. The van der Waals surface area contributed by atoms with Gasteiger partial charge in [-0.2, -0.15) is 0 Å². The standard InChI is InChI=1S/C21H22O6.C5H13NO3/c1-11-13(4-3-5-17(11)27-2)20(25)18-16(10-23)19(24)14-7-6-12(9-22)8-15(14)21(18)26;1-3(6)5(7)4(2)9-8/h3-5,10,12,22,24,26H,6-9H2,1-2H3;3-5,7-8H,6H2,1-2H3. The molecule has 7 N–H and O–H groups in total. The zero-order valence-electron chi connectivity index (χ0n) is 20.9. The Morgan fingerprint density at radius 3 is 2.39 bits per heavy atom. The predicted octanol–water partition coefficient (Wildman–Crippen LogP) is 2.13. The van der Waals surface area contributed by atoms with Crippen LogP contribution >= 0.6 is 0 Å². The number of methoxy groups -OCH3 is 1. The minimum atomic E-state index is -0.810. The zero-order chi connectivity index (χ0) is 27.2. The molecule has 0 spiro atoms. The first-order chi connectivity index (χ1) is 17.0. The Balaban J connectivity index is 0.000000434. The van der Waals surface area contributed by atoms with Gasteiger partial charge in [-0.25, -0.2) is 4.89 Å². The highest BCUT2D eigenvalue weighted by atomic mass is 17.1. The van der Waals surface area contributed by atoms with Crippen molar-refractivity contribution in [2.24, 2.45) is 11.7 Å². The molecule has 0 bridgehead atoms. The Labute approximate surface area is 209 Å². The smallest absolute Gasteiger partial charge is 0.198 e. The highest BCUT2D eigenvalue weighted by Gasteiger charge is 2.32. The van der Waals surface area contributed by atoms with Crippen LogP contribution in [0.25, 0.3) is 0 Å². The average molecular weight is 506 g/mol. The normalized spacial score (nSPS) is 17.2. The van der Waals surface area contributed by atoms with E-state index in [4.69, 9.17) is 20.8 Å². The number of aliphatic hydroxyl groups is 2. The van der Waals surface area contributed by atoms with E-state index in [-0.39, 0.29) is 46.8 Å². The van der Waals surface area contributed by atoms with Gasteiger partial charge in [0.15, 0.2) is 12.1 Å². The Morgan fingerprint density at radius 1 is 1.22 bits per heavy atom. The van der Waals surface area contributed by atoms with Gasteiger partial charge in [0.05, 0.1) is 24.3 Å². The number of phenolic OH excluding ortho intramolecular Hbond substituents is 2. The molecule has 4 unspecified atom stereocenters. The highest BCUT2D eigenvalue weighted by Crippen LogP contribution is 2.43. The van der Waals surface area contributed by atoms with Gasteiger partial charge in [-0.05, 0) is 52.0 Å². The van der Waals surface area contributed by atoms with Crippen LogP contribution in [0.15, 0.2) is 18.2 Å². The van der Waals surface area contributed by atoms with E-state index in [2.05, 4.69) is 4.89 Å². The number of rotatable bonds is 8. The van der Waals surface area contributed by atoms with Crippen molar-refractivity contribution in [2.75, 3.05) is 13.7 Å². The second kappa shape index (κ2) is 12.8. The first-order valence-electron chi connectivity index (χ1n) is 11.6. The van der Waals surface area contributed by atoms with Crippen molar-refractivity contribution in [3.63, 3.8) is 0 Å². The maximum atomic E-state index is 13.2. The molecule has 0 saturated heterocycles. The molecule has 36 heavy (non-hydrogen) atoms. The summed E-state index contributed by atoms with van der Waals surface area (Å²) in [5.74, 6) is -0.675. The molecule has 1 aliphatic carbocycles. The molecule has 0 heterocycles. The average Bonchev–Trinajstić information content (AvgIpc) is 2.89. The van der Waals surface area contributed by atoms with Gasteiger partial charge in [-0.3, -0.25) is 14.8 Å². The van der Waals surface area contributed by atoms with Gasteiger partial charge in [0.25, 0.3) is 0 Å². The van der Waals surface area contributed by atoms with E-state index in [1.54, 1.807) is 32.0 Å². The number of nitrogens with two attached hydrogens (primary N) is 1. The van der Waals surface area contributed by atoms with Crippen molar-refractivity contribution >= 4 is 12.1 Å². The molecule has 0 aromatic heterocycles. The van der Waals surface area contributed by atoms with Gasteiger partial charge in [0.1, 0.15) is 23.4 Å². The van der Waals surface area contributed by atoms with Crippen LogP contribution < -0.4 is 10.5 Å². The summed E-state index contributed by atoms with van der Waals surface area (Å²) in [6.45, 7) is 4.84. The molecule has 2 aromatic rings. The Hall–Kier alpha value is -3.02. The Bertz CT molecular complexity index is 1080. The fourth-order valence-corrected chi connectivity index (χ4v) is 4.28. The second-order valence-electron chi connectivity index (χ2n) is 8.97. The predicted molar refractivity (Wildman–Crippen MR) is 132 cm³/mol.